The van der Waals surface area contributed by atoms with Crippen molar-refractivity contribution in [3.8, 4) is 11.5 Å². The smallest absolute Gasteiger partial charge is 0.264 e. The van der Waals surface area contributed by atoms with Crippen molar-refractivity contribution in [3.63, 3.8) is 0 Å². The molecule has 0 saturated carbocycles. The number of benzene rings is 1. The van der Waals surface area contributed by atoms with Crippen LogP contribution < -0.4 is 9.47 Å². The Balaban J connectivity index is 1.28. The maximum atomic E-state index is 12.9. The first-order chi connectivity index (χ1) is 14.2. The quantitative estimate of drug-likeness (QED) is 0.561. The first-order valence-electron chi connectivity index (χ1n) is 9.59. The second-order valence-electron chi connectivity index (χ2n) is 6.93. The summed E-state index contributed by atoms with van der Waals surface area (Å²) in [6.45, 7) is 4.80. The summed E-state index contributed by atoms with van der Waals surface area (Å²) >= 11 is 3.28. The molecule has 1 amide bonds. The highest BCUT2D eigenvalue weighted by atomic mass is 32.1. The first kappa shape index (κ1) is 19.9. The van der Waals surface area contributed by atoms with Crippen molar-refractivity contribution >= 4 is 28.6 Å². The fourth-order valence-corrected chi connectivity index (χ4v) is 4.92. The van der Waals surface area contributed by atoms with Crippen molar-refractivity contribution in [2.45, 2.75) is 13.2 Å². The van der Waals surface area contributed by atoms with E-state index in [0.717, 1.165) is 54.7 Å². The molecule has 2 aromatic heterocycles. The molecule has 1 aromatic carbocycles. The molecule has 0 bridgehead atoms. The number of nitrogens with zero attached hydrogens (tertiary/aromatic N) is 2. The van der Waals surface area contributed by atoms with Crippen LogP contribution >= 0.6 is 22.7 Å². The van der Waals surface area contributed by atoms with Crippen molar-refractivity contribution in [1.29, 1.82) is 0 Å². The fraction of sp³-hybridized carbons (Fsp3) is 0.318. The lowest BCUT2D eigenvalue weighted by Crippen LogP contribution is -2.48. The molecule has 3 aromatic rings. The van der Waals surface area contributed by atoms with Crippen LogP contribution in [0, 0.1) is 0 Å². The van der Waals surface area contributed by atoms with Crippen LogP contribution in [-0.4, -0.2) is 49.0 Å². The number of hydrogen-bond donors (Lipinski definition) is 0. The summed E-state index contributed by atoms with van der Waals surface area (Å²) in [5.74, 6) is 1.64. The molecule has 5 nitrogen and oxygen atoms in total. The molecule has 1 saturated heterocycles. The normalized spacial score (nSPS) is 14.7. The second kappa shape index (κ2) is 9.43. The molecule has 0 atom stereocenters. The van der Waals surface area contributed by atoms with Crippen molar-refractivity contribution in [2.24, 2.45) is 0 Å². The van der Waals surface area contributed by atoms with Gasteiger partial charge in [-0.2, -0.15) is 0 Å². The molecule has 1 aliphatic rings. The van der Waals surface area contributed by atoms with Crippen molar-refractivity contribution in [1.82, 2.24) is 9.80 Å². The first-order valence-corrected chi connectivity index (χ1v) is 11.4. The van der Waals surface area contributed by atoms with Crippen molar-refractivity contribution < 1.29 is 14.3 Å². The molecule has 0 spiro atoms. The summed E-state index contributed by atoms with van der Waals surface area (Å²) in [6, 6.07) is 13.7. The Hall–Kier alpha value is -2.35. The van der Waals surface area contributed by atoms with E-state index in [2.05, 4.69) is 22.4 Å². The van der Waals surface area contributed by atoms with Gasteiger partial charge < -0.3 is 14.4 Å². The number of rotatable bonds is 7. The van der Waals surface area contributed by atoms with Crippen LogP contribution in [0.3, 0.4) is 0 Å². The van der Waals surface area contributed by atoms with Crippen LogP contribution in [0.2, 0.25) is 0 Å². The molecule has 4 rings (SSSR count). The van der Waals surface area contributed by atoms with Crippen molar-refractivity contribution in [3.05, 3.63) is 68.5 Å². The summed E-state index contributed by atoms with van der Waals surface area (Å²) in [4.78, 5) is 19.4. The molecule has 0 radical (unpaired) electrons. The van der Waals surface area contributed by atoms with Gasteiger partial charge in [-0.05, 0) is 35.0 Å². The molecule has 1 fully saturated rings. The van der Waals surface area contributed by atoms with Gasteiger partial charge in [0.2, 0.25) is 0 Å². The molecule has 0 unspecified atom stereocenters. The third-order valence-corrected chi connectivity index (χ3v) is 6.76. The zero-order chi connectivity index (χ0) is 20.1. The number of amides is 1. The van der Waals surface area contributed by atoms with E-state index < -0.39 is 0 Å². The van der Waals surface area contributed by atoms with E-state index in [1.807, 2.05) is 40.6 Å². The van der Waals surface area contributed by atoms with Gasteiger partial charge >= 0.3 is 0 Å². The average Bonchev–Trinajstić information content (AvgIpc) is 3.45. The highest BCUT2D eigenvalue weighted by molar-refractivity contribution is 7.12. The van der Waals surface area contributed by atoms with E-state index in [-0.39, 0.29) is 5.91 Å². The Kier molecular flexibility index (Phi) is 6.49. The Bertz CT molecular complexity index is 931. The van der Waals surface area contributed by atoms with Gasteiger partial charge in [0.25, 0.3) is 5.91 Å². The Morgan fingerprint density at radius 3 is 2.62 bits per heavy atom. The van der Waals surface area contributed by atoms with E-state index in [4.69, 9.17) is 9.47 Å². The minimum Gasteiger partial charge on any atom is -0.497 e. The van der Waals surface area contributed by atoms with E-state index in [0.29, 0.717) is 6.61 Å². The van der Waals surface area contributed by atoms with Gasteiger partial charge in [-0.3, -0.25) is 9.69 Å². The third kappa shape index (κ3) is 5.18. The predicted octanol–water partition coefficient (Wildman–Crippen LogP) is 4.36. The Labute approximate surface area is 179 Å². The van der Waals surface area contributed by atoms with Gasteiger partial charge in [0, 0.05) is 49.2 Å². The maximum Gasteiger partial charge on any atom is 0.264 e. The summed E-state index contributed by atoms with van der Waals surface area (Å²) in [6.07, 6.45) is 0. The molecule has 7 heteroatoms. The van der Waals surface area contributed by atoms with E-state index in [1.54, 1.807) is 18.4 Å². The van der Waals surface area contributed by atoms with Gasteiger partial charge in [-0.25, -0.2) is 0 Å². The maximum absolute atomic E-state index is 12.9. The van der Waals surface area contributed by atoms with Crippen LogP contribution in [0.25, 0.3) is 0 Å². The van der Waals surface area contributed by atoms with Gasteiger partial charge in [0.05, 0.1) is 12.0 Å². The second-order valence-corrected chi connectivity index (χ2v) is 8.88. The average molecular weight is 429 g/mol. The van der Waals surface area contributed by atoms with Crippen LogP contribution in [0.5, 0.6) is 11.5 Å². The highest BCUT2D eigenvalue weighted by Crippen LogP contribution is 2.23. The standard InChI is InChI=1S/C22H24N2O3S2/c1-26-18-4-2-5-19(13-18)27-15-17-12-21(29-16-17)22(25)24-9-7-23(8-10-24)14-20-6-3-11-28-20/h2-6,11-13,16H,7-10,14-15H2,1H3. The van der Waals surface area contributed by atoms with Crippen LogP contribution in [0.1, 0.15) is 20.1 Å². The third-order valence-electron chi connectivity index (χ3n) is 4.93. The van der Waals surface area contributed by atoms with Crippen LogP contribution in [-0.2, 0) is 13.2 Å². The number of ether oxygens (including phenoxy) is 2. The highest BCUT2D eigenvalue weighted by Gasteiger charge is 2.23. The van der Waals surface area contributed by atoms with Gasteiger partial charge in [-0.15, -0.1) is 22.7 Å². The number of hydrogen-bond acceptors (Lipinski definition) is 6. The molecular formula is C22H24N2O3S2. The largest absolute Gasteiger partial charge is 0.497 e. The molecule has 0 N–H and O–H groups in total. The topological polar surface area (TPSA) is 42.0 Å². The molecular weight excluding hydrogens is 404 g/mol. The van der Waals surface area contributed by atoms with Crippen molar-refractivity contribution in [2.75, 3.05) is 33.3 Å². The fourth-order valence-electron chi connectivity index (χ4n) is 3.31. The Morgan fingerprint density at radius 1 is 1.03 bits per heavy atom. The number of carbonyl (C=O) groups excluding carboxylic acids is 1. The predicted molar refractivity (Wildman–Crippen MR) is 117 cm³/mol. The SMILES string of the molecule is COc1cccc(OCc2csc(C(=O)N3CCN(Cc4cccs4)CC3)c2)c1. The molecule has 1 aliphatic heterocycles. The summed E-state index contributed by atoms with van der Waals surface area (Å²) in [5, 5.41) is 4.11. The summed E-state index contributed by atoms with van der Waals surface area (Å²) < 4.78 is 11.0. The molecule has 29 heavy (non-hydrogen) atoms. The number of carbonyl (C=O) groups is 1. The summed E-state index contributed by atoms with van der Waals surface area (Å²) in [5.41, 5.74) is 1.01. The van der Waals surface area contributed by atoms with Gasteiger partial charge in [-0.1, -0.05) is 12.1 Å². The van der Waals surface area contributed by atoms with Gasteiger partial charge in [0.15, 0.2) is 0 Å². The minimum absolute atomic E-state index is 0.124. The molecule has 0 aliphatic carbocycles. The monoisotopic (exact) mass is 428 g/mol. The molecule has 152 valence electrons. The molecule has 3 heterocycles. The number of thiophene rings is 2. The lowest BCUT2D eigenvalue weighted by molar-refractivity contribution is 0.0634. The Morgan fingerprint density at radius 2 is 1.86 bits per heavy atom. The summed E-state index contributed by atoms with van der Waals surface area (Å²) in [7, 11) is 1.64. The number of methoxy groups -OCH3 is 1. The zero-order valence-corrected chi connectivity index (χ0v) is 18.0. The van der Waals surface area contributed by atoms with E-state index in [9.17, 15) is 4.79 Å². The lowest BCUT2D eigenvalue weighted by Gasteiger charge is -2.34. The number of piperazine rings is 1. The van der Waals surface area contributed by atoms with Crippen LogP contribution in [0.15, 0.2) is 53.2 Å². The van der Waals surface area contributed by atoms with E-state index in [1.165, 1.54) is 16.2 Å². The minimum atomic E-state index is 0.124. The van der Waals surface area contributed by atoms with E-state index >= 15 is 0 Å². The lowest BCUT2D eigenvalue weighted by atomic mass is 10.2. The van der Waals surface area contributed by atoms with Gasteiger partial charge in [0.1, 0.15) is 18.1 Å². The zero-order valence-electron chi connectivity index (χ0n) is 16.4. The van der Waals surface area contributed by atoms with Crippen LogP contribution in [0.4, 0.5) is 0 Å².